The van der Waals surface area contributed by atoms with Crippen LogP contribution in [0.25, 0.3) is 0 Å². The summed E-state index contributed by atoms with van der Waals surface area (Å²) in [6.07, 6.45) is 3.75. The third-order valence-electron chi connectivity index (χ3n) is 3.78. The molecule has 0 amide bonds. The quantitative estimate of drug-likeness (QED) is 0.925. The predicted octanol–water partition coefficient (Wildman–Crippen LogP) is 2.17. The van der Waals surface area contributed by atoms with E-state index in [0.29, 0.717) is 18.0 Å². The van der Waals surface area contributed by atoms with E-state index < -0.39 is 10.0 Å². The van der Waals surface area contributed by atoms with Crippen molar-refractivity contribution in [3.63, 3.8) is 0 Å². The molecule has 1 fully saturated rings. The van der Waals surface area contributed by atoms with Crippen LogP contribution in [0.1, 0.15) is 31.7 Å². The van der Waals surface area contributed by atoms with E-state index in [4.69, 9.17) is 5.73 Å². The summed E-state index contributed by atoms with van der Waals surface area (Å²) in [4.78, 5) is 0.380. The maximum absolute atomic E-state index is 12.6. The molecule has 1 heterocycles. The molecule has 1 saturated heterocycles. The number of nitrogens with zero attached hydrogens (tertiary/aromatic N) is 1. The summed E-state index contributed by atoms with van der Waals surface area (Å²) in [5.74, 6) is 0. The Kier molecular flexibility index (Phi) is 6.45. The molecule has 1 aromatic carbocycles. The molecular weight excluding hydrogens is 296 g/mol. The summed E-state index contributed by atoms with van der Waals surface area (Å²) in [5, 5.41) is 0. The lowest BCUT2D eigenvalue weighted by Gasteiger charge is -2.33. The molecule has 2 N–H and O–H groups in total. The van der Waals surface area contributed by atoms with E-state index in [1.54, 1.807) is 16.4 Å². The van der Waals surface area contributed by atoms with E-state index in [0.717, 1.165) is 31.2 Å². The highest BCUT2D eigenvalue weighted by atomic mass is 35.5. The minimum absolute atomic E-state index is 0. The summed E-state index contributed by atoms with van der Waals surface area (Å²) in [7, 11) is -3.39. The van der Waals surface area contributed by atoms with Crippen LogP contribution < -0.4 is 5.73 Å². The van der Waals surface area contributed by atoms with E-state index in [1.807, 2.05) is 12.1 Å². The lowest BCUT2D eigenvalue weighted by atomic mass is 10.1. The highest BCUT2D eigenvalue weighted by Crippen LogP contribution is 2.25. The van der Waals surface area contributed by atoms with E-state index in [9.17, 15) is 8.42 Å². The standard InChI is InChI=1S/C14H22N2O2S.ClH/c1-2-12-6-8-14(9-7-12)19(17,18)16-10-4-3-5-13(16)11-15;/h6-9,13H,2-5,10-11,15H2,1H3;1H. The summed E-state index contributed by atoms with van der Waals surface area (Å²) < 4.78 is 26.8. The van der Waals surface area contributed by atoms with Crippen molar-refractivity contribution in [2.24, 2.45) is 5.73 Å². The van der Waals surface area contributed by atoms with Crippen molar-refractivity contribution in [3.05, 3.63) is 29.8 Å². The number of hydrogen-bond acceptors (Lipinski definition) is 3. The first-order valence-electron chi connectivity index (χ1n) is 6.90. The van der Waals surface area contributed by atoms with Gasteiger partial charge in [-0.3, -0.25) is 0 Å². The molecule has 0 aliphatic carbocycles. The molecule has 0 saturated carbocycles. The van der Waals surface area contributed by atoms with Crippen LogP contribution in [0.5, 0.6) is 0 Å². The second-order valence-corrected chi connectivity index (χ2v) is 6.89. The van der Waals surface area contributed by atoms with E-state index in [2.05, 4.69) is 6.92 Å². The van der Waals surface area contributed by atoms with Gasteiger partial charge in [-0.1, -0.05) is 25.5 Å². The third kappa shape index (κ3) is 3.52. The molecule has 0 spiro atoms. The molecule has 2 rings (SSSR count). The minimum atomic E-state index is -3.39. The lowest BCUT2D eigenvalue weighted by molar-refractivity contribution is 0.257. The highest BCUT2D eigenvalue weighted by Gasteiger charge is 2.32. The third-order valence-corrected chi connectivity index (χ3v) is 5.75. The number of piperidine rings is 1. The molecule has 1 aromatic rings. The Hall–Kier alpha value is -0.620. The Morgan fingerprint density at radius 3 is 2.45 bits per heavy atom. The Labute approximate surface area is 127 Å². The number of nitrogens with two attached hydrogens (primary N) is 1. The van der Waals surface area contributed by atoms with Crippen molar-refractivity contribution in [2.45, 2.75) is 43.5 Å². The van der Waals surface area contributed by atoms with Crippen LogP contribution in [-0.4, -0.2) is 31.9 Å². The van der Waals surface area contributed by atoms with Crippen LogP contribution >= 0.6 is 12.4 Å². The molecule has 114 valence electrons. The SMILES string of the molecule is CCc1ccc(S(=O)(=O)N2CCCCC2CN)cc1.Cl. The molecule has 0 aromatic heterocycles. The molecule has 1 aliphatic heterocycles. The minimum Gasteiger partial charge on any atom is -0.329 e. The first-order chi connectivity index (χ1) is 9.09. The number of hydrogen-bond donors (Lipinski definition) is 1. The second kappa shape index (κ2) is 7.41. The first kappa shape index (κ1) is 17.4. The average molecular weight is 319 g/mol. The van der Waals surface area contributed by atoms with Gasteiger partial charge in [0, 0.05) is 19.1 Å². The highest BCUT2D eigenvalue weighted by molar-refractivity contribution is 7.89. The maximum Gasteiger partial charge on any atom is 0.243 e. The molecule has 0 bridgehead atoms. The normalized spacial score (nSPS) is 20.4. The number of benzene rings is 1. The van der Waals surface area contributed by atoms with E-state index >= 15 is 0 Å². The molecule has 1 aliphatic rings. The van der Waals surface area contributed by atoms with Crippen molar-refractivity contribution in [2.75, 3.05) is 13.1 Å². The van der Waals surface area contributed by atoms with Crippen LogP contribution in [0.3, 0.4) is 0 Å². The number of aryl methyl sites for hydroxylation is 1. The van der Waals surface area contributed by atoms with Crippen LogP contribution in [0.4, 0.5) is 0 Å². The molecule has 6 heteroatoms. The molecule has 0 radical (unpaired) electrons. The zero-order valence-electron chi connectivity index (χ0n) is 11.8. The van der Waals surface area contributed by atoms with Crippen LogP contribution in [0.2, 0.25) is 0 Å². The van der Waals surface area contributed by atoms with Gasteiger partial charge < -0.3 is 5.73 Å². The van der Waals surface area contributed by atoms with Crippen molar-refractivity contribution in [1.29, 1.82) is 0 Å². The number of halogens is 1. The van der Waals surface area contributed by atoms with Gasteiger partial charge in [-0.25, -0.2) is 8.42 Å². The smallest absolute Gasteiger partial charge is 0.243 e. The first-order valence-corrected chi connectivity index (χ1v) is 8.34. The Morgan fingerprint density at radius 2 is 1.90 bits per heavy atom. The van der Waals surface area contributed by atoms with Gasteiger partial charge in [0.25, 0.3) is 0 Å². The summed E-state index contributed by atoms with van der Waals surface area (Å²) in [6.45, 7) is 3.03. The summed E-state index contributed by atoms with van der Waals surface area (Å²) >= 11 is 0. The van der Waals surface area contributed by atoms with Gasteiger partial charge in [0.2, 0.25) is 10.0 Å². The zero-order valence-corrected chi connectivity index (χ0v) is 13.4. The topological polar surface area (TPSA) is 63.4 Å². The molecule has 1 atom stereocenters. The van der Waals surface area contributed by atoms with E-state index in [1.165, 1.54) is 0 Å². The van der Waals surface area contributed by atoms with Crippen LogP contribution in [0.15, 0.2) is 29.2 Å². The lowest BCUT2D eigenvalue weighted by Crippen LogP contribution is -2.47. The van der Waals surface area contributed by atoms with Crippen molar-refractivity contribution in [3.8, 4) is 0 Å². The molecule has 1 unspecified atom stereocenters. The number of sulfonamides is 1. The monoisotopic (exact) mass is 318 g/mol. The number of rotatable bonds is 4. The van der Waals surface area contributed by atoms with Gasteiger partial charge in [0.1, 0.15) is 0 Å². The summed E-state index contributed by atoms with van der Waals surface area (Å²) in [5.41, 5.74) is 6.85. The fourth-order valence-corrected chi connectivity index (χ4v) is 4.26. The van der Waals surface area contributed by atoms with Crippen LogP contribution in [0, 0.1) is 0 Å². The van der Waals surface area contributed by atoms with Gasteiger partial charge in [-0.15, -0.1) is 12.4 Å². The van der Waals surface area contributed by atoms with Gasteiger partial charge in [-0.2, -0.15) is 4.31 Å². The Bertz CT molecular complexity index is 516. The fraction of sp³-hybridized carbons (Fsp3) is 0.571. The Balaban J connectivity index is 0.00000200. The zero-order chi connectivity index (χ0) is 13.9. The predicted molar refractivity (Wildman–Crippen MR) is 83.7 cm³/mol. The maximum atomic E-state index is 12.6. The second-order valence-electron chi connectivity index (χ2n) is 5.00. The molecule has 20 heavy (non-hydrogen) atoms. The largest absolute Gasteiger partial charge is 0.329 e. The molecule has 4 nitrogen and oxygen atoms in total. The average Bonchev–Trinajstić information content (AvgIpc) is 2.47. The van der Waals surface area contributed by atoms with Crippen molar-refractivity contribution >= 4 is 22.4 Å². The van der Waals surface area contributed by atoms with Crippen molar-refractivity contribution < 1.29 is 8.42 Å². The van der Waals surface area contributed by atoms with Gasteiger partial charge >= 0.3 is 0 Å². The van der Waals surface area contributed by atoms with Crippen molar-refractivity contribution in [1.82, 2.24) is 4.31 Å². The Morgan fingerprint density at radius 1 is 1.25 bits per heavy atom. The van der Waals surface area contributed by atoms with Crippen LogP contribution in [-0.2, 0) is 16.4 Å². The van der Waals surface area contributed by atoms with Gasteiger partial charge in [-0.05, 0) is 37.0 Å². The summed E-state index contributed by atoms with van der Waals surface area (Å²) in [6, 6.07) is 7.12. The molecular formula is C14H23ClN2O2S. The fourth-order valence-electron chi connectivity index (χ4n) is 2.56. The van der Waals surface area contributed by atoms with E-state index in [-0.39, 0.29) is 18.4 Å². The van der Waals surface area contributed by atoms with Gasteiger partial charge in [0.05, 0.1) is 4.90 Å². The van der Waals surface area contributed by atoms with Gasteiger partial charge in [0.15, 0.2) is 0 Å².